The average Bonchev–Trinajstić information content (AvgIpc) is 3.31. The molecule has 0 aromatic carbocycles. The molecule has 2 aliphatic heterocycles. The second kappa shape index (κ2) is 7.82. The molecule has 30 heavy (non-hydrogen) atoms. The van der Waals surface area contributed by atoms with E-state index in [1.54, 1.807) is 17.9 Å². The van der Waals surface area contributed by atoms with Gasteiger partial charge in [-0.1, -0.05) is 18.3 Å². The van der Waals surface area contributed by atoms with E-state index in [0.717, 1.165) is 29.1 Å². The number of rotatable bonds is 3. The number of hydrogen-bond acceptors (Lipinski definition) is 6. The molecule has 1 fully saturated rings. The van der Waals surface area contributed by atoms with E-state index in [-0.39, 0.29) is 30.3 Å². The zero-order chi connectivity index (χ0) is 21.6. The summed E-state index contributed by atoms with van der Waals surface area (Å²) in [6, 6.07) is -0.639. The van der Waals surface area contributed by atoms with Gasteiger partial charge in [-0.3, -0.25) is 4.79 Å². The first-order valence-corrected chi connectivity index (χ1v) is 11.0. The maximum Gasteiger partial charge on any atom is 0.410 e. The van der Waals surface area contributed by atoms with Crippen molar-refractivity contribution in [2.45, 2.75) is 70.8 Å². The number of aromatic nitrogens is 4. The van der Waals surface area contributed by atoms with E-state index in [1.807, 2.05) is 13.8 Å². The normalized spacial score (nSPS) is 24.6. The van der Waals surface area contributed by atoms with Crippen molar-refractivity contribution in [1.29, 1.82) is 0 Å². The van der Waals surface area contributed by atoms with Gasteiger partial charge in [0.15, 0.2) is 6.04 Å². The number of halogens is 3. The molecule has 1 amide bonds. The molecule has 3 atom stereocenters. The van der Waals surface area contributed by atoms with Crippen LogP contribution >= 0.6 is 11.5 Å². The summed E-state index contributed by atoms with van der Waals surface area (Å²) >= 11 is 1.04. The molecule has 7 nitrogen and oxygen atoms in total. The maximum atomic E-state index is 13.8. The van der Waals surface area contributed by atoms with E-state index in [4.69, 9.17) is 0 Å². The highest BCUT2D eigenvalue weighted by molar-refractivity contribution is 7.07. The quantitative estimate of drug-likeness (QED) is 0.765. The zero-order valence-electron chi connectivity index (χ0n) is 17.1. The van der Waals surface area contributed by atoms with E-state index >= 15 is 0 Å². The van der Waals surface area contributed by atoms with Crippen molar-refractivity contribution in [3.05, 3.63) is 22.3 Å². The van der Waals surface area contributed by atoms with Gasteiger partial charge in [-0.25, -0.2) is 4.68 Å². The van der Waals surface area contributed by atoms with E-state index < -0.39 is 12.2 Å². The zero-order valence-corrected chi connectivity index (χ0v) is 17.9. The first-order valence-electron chi connectivity index (χ1n) is 10.2. The predicted octanol–water partition coefficient (Wildman–Crippen LogP) is 4.35. The van der Waals surface area contributed by atoms with Crippen LogP contribution in [0.15, 0.2) is 6.07 Å². The van der Waals surface area contributed by atoms with Crippen molar-refractivity contribution >= 4 is 23.3 Å². The molecule has 11 heteroatoms. The van der Waals surface area contributed by atoms with E-state index in [1.165, 1.54) is 0 Å². The molecule has 0 radical (unpaired) electrons. The molecule has 2 aliphatic rings. The molecule has 2 aromatic rings. The molecule has 0 aliphatic carbocycles. The number of carbonyl (C=O) groups excluding carboxylic acids is 1. The lowest BCUT2D eigenvalue weighted by Crippen LogP contribution is -2.41. The summed E-state index contributed by atoms with van der Waals surface area (Å²) in [4.78, 5) is 15.3. The monoisotopic (exact) mass is 442 g/mol. The third-order valence-electron chi connectivity index (χ3n) is 5.99. The number of nitrogens with one attached hydrogen (secondary N) is 1. The van der Waals surface area contributed by atoms with Crippen LogP contribution in [0.4, 0.5) is 19.0 Å². The Hall–Kier alpha value is -2.17. The Balaban J connectivity index is 1.68. The number of hydrogen-bond donors (Lipinski definition) is 1. The highest BCUT2D eigenvalue weighted by Crippen LogP contribution is 2.42. The molecular formula is C19H25F3N6OS. The third kappa shape index (κ3) is 3.79. The average molecular weight is 443 g/mol. The molecule has 2 aromatic heterocycles. The standard InChI is InChI=1S/C19H25F3N6OS/c1-10(2)12-8-15(19(20,21)22)28-16(23-12)9-13(25-28)14-6-4-5-7-27(14)18(29)17-11(3)24-26-30-17/h9-10,12,14-15,23H,4-8H2,1-3H3/t12-,14-,15+/m0/s1. The fraction of sp³-hybridized carbons (Fsp3) is 0.684. The molecule has 164 valence electrons. The number of nitrogens with zero attached hydrogens (tertiary/aromatic N) is 5. The molecule has 0 saturated carbocycles. The minimum atomic E-state index is -4.39. The maximum absolute atomic E-state index is 13.8. The van der Waals surface area contributed by atoms with Gasteiger partial charge in [0.2, 0.25) is 0 Å². The Kier molecular flexibility index (Phi) is 5.50. The lowest BCUT2D eigenvalue weighted by atomic mass is 9.94. The Morgan fingerprint density at radius 2 is 2.10 bits per heavy atom. The van der Waals surface area contributed by atoms with Crippen LogP contribution in [0.5, 0.6) is 0 Å². The van der Waals surface area contributed by atoms with Crippen LogP contribution in [0, 0.1) is 12.8 Å². The summed E-state index contributed by atoms with van der Waals surface area (Å²) in [6.45, 7) is 6.08. The van der Waals surface area contributed by atoms with Gasteiger partial charge in [0, 0.05) is 18.7 Å². The van der Waals surface area contributed by atoms with Gasteiger partial charge in [0.05, 0.1) is 17.4 Å². The van der Waals surface area contributed by atoms with Gasteiger partial charge >= 0.3 is 6.18 Å². The Labute approximate surface area is 176 Å². The molecule has 0 unspecified atom stereocenters. The number of anilines is 1. The van der Waals surface area contributed by atoms with Gasteiger partial charge in [0.25, 0.3) is 5.91 Å². The molecular weight excluding hydrogens is 417 g/mol. The van der Waals surface area contributed by atoms with Crippen molar-refractivity contribution in [3.8, 4) is 0 Å². The van der Waals surface area contributed by atoms with Gasteiger partial charge < -0.3 is 10.2 Å². The minimum Gasteiger partial charge on any atom is -0.367 e. The molecule has 0 spiro atoms. The van der Waals surface area contributed by atoms with Crippen LogP contribution in [-0.4, -0.2) is 48.9 Å². The van der Waals surface area contributed by atoms with Crippen LogP contribution in [0.3, 0.4) is 0 Å². The SMILES string of the molecule is Cc1nnsc1C(=O)N1CCCC[C@H]1c1cc2n(n1)[C@@H](C(F)(F)F)C[C@@H](C(C)C)N2. The van der Waals surface area contributed by atoms with Crippen LogP contribution in [0.25, 0.3) is 0 Å². The number of alkyl halides is 3. The first-order chi connectivity index (χ1) is 14.2. The van der Waals surface area contributed by atoms with E-state index in [2.05, 4.69) is 20.0 Å². The molecule has 4 rings (SSSR count). The summed E-state index contributed by atoms with van der Waals surface area (Å²) in [5, 5.41) is 11.5. The summed E-state index contributed by atoms with van der Waals surface area (Å²) in [5.41, 5.74) is 1.07. The largest absolute Gasteiger partial charge is 0.410 e. The summed E-state index contributed by atoms with van der Waals surface area (Å²) < 4.78 is 46.2. The van der Waals surface area contributed by atoms with E-state index in [9.17, 15) is 18.0 Å². The third-order valence-corrected chi connectivity index (χ3v) is 6.81. The van der Waals surface area contributed by atoms with Crippen LogP contribution in [-0.2, 0) is 0 Å². The Morgan fingerprint density at radius 3 is 2.73 bits per heavy atom. The summed E-state index contributed by atoms with van der Waals surface area (Å²) in [5.74, 6) is 0.237. The topological polar surface area (TPSA) is 75.9 Å². The van der Waals surface area contributed by atoms with Crippen LogP contribution in [0.2, 0.25) is 0 Å². The second-order valence-electron chi connectivity index (χ2n) is 8.38. The minimum absolute atomic E-state index is 0.0523. The molecule has 1 N–H and O–H groups in total. The fourth-order valence-corrected chi connectivity index (χ4v) is 4.88. The van der Waals surface area contributed by atoms with Crippen molar-refractivity contribution < 1.29 is 18.0 Å². The van der Waals surface area contributed by atoms with Crippen LogP contribution in [0.1, 0.15) is 72.7 Å². The Bertz CT molecular complexity index is 924. The summed E-state index contributed by atoms with van der Waals surface area (Å²) in [6.07, 6.45) is -2.05. The molecule has 0 bridgehead atoms. The van der Waals surface area contributed by atoms with Crippen molar-refractivity contribution in [1.82, 2.24) is 24.3 Å². The first kappa shape index (κ1) is 21.1. The number of fused-ring (bicyclic) bond motifs is 1. The lowest BCUT2D eigenvalue weighted by Gasteiger charge is -2.35. The fourth-order valence-electron chi connectivity index (χ4n) is 4.26. The van der Waals surface area contributed by atoms with Gasteiger partial charge in [-0.05, 0) is 50.1 Å². The summed E-state index contributed by atoms with van der Waals surface area (Å²) in [7, 11) is 0. The highest BCUT2D eigenvalue weighted by Gasteiger charge is 2.47. The van der Waals surface area contributed by atoms with Gasteiger partial charge in [-0.2, -0.15) is 18.3 Å². The van der Waals surface area contributed by atoms with E-state index in [0.29, 0.717) is 35.0 Å². The second-order valence-corrected chi connectivity index (χ2v) is 9.14. The number of amides is 1. The predicted molar refractivity (Wildman–Crippen MR) is 106 cm³/mol. The van der Waals surface area contributed by atoms with Gasteiger partial charge in [0.1, 0.15) is 10.7 Å². The van der Waals surface area contributed by atoms with Gasteiger partial charge in [-0.15, -0.1) is 5.10 Å². The van der Waals surface area contributed by atoms with Crippen molar-refractivity contribution in [3.63, 3.8) is 0 Å². The van der Waals surface area contributed by atoms with Crippen molar-refractivity contribution in [2.75, 3.05) is 11.9 Å². The smallest absolute Gasteiger partial charge is 0.367 e. The molecule has 4 heterocycles. The number of likely N-dealkylation sites (tertiary alicyclic amines) is 1. The highest BCUT2D eigenvalue weighted by atomic mass is 32.1. The molecule has 1 saturated heterocycles. The number of aryl methyl sites for hydroxylation is 1. The Morgan fingerprint density at radius 1 is 1.33 bits per heavy atom. The lowest BCUT2D eigenvalue weighted by molar-refractivity contribution is -0.174. The number of piperidine rings is 1. The van der Waals surface area contributed by atoms with Crippen molar-refractivity contribution in [2.24, 2.45) is 5.92 Å². The van der Waals surface area contributed by atoms with Crippen LogP contribution < -0.4 is 5.32 Å². The number of carbonyl (C=O) groups is 1.